The van der Waals surface area contributed by atoms with Gasteiger partial charge in [0.15, 0.2) is 0 Å². The third kappa shape index (κ3) is 3.74. The quantitative estimate of drug-likeness (QED) is 0.542. The molecule has 2 heterocycles. The van der Waals surface area contributed by atoms with Crippen LogP contribution in [0.15, 0.2) is 59.4 Å². The first-order valence-corrected chi connectivity index (χ1v) is 10.2. The molecule has 4 aromatic rings. The Hall–Kier alpha value is -3.74. The van der Waals surface area contributed by atoms with Gasteiger partial charge in [-0.15, -0.1) is 0 Å². The number of amides is 1. The molecule has 0 aliphatic heterocycles. The van der Waals surface area contributed by atoms with Crippen LogP contribution in [0.4, 0.5) is 0 Å². The van der Waals surface area contributed by atoms with Crippen molar-refractivity contribution >= 4 is 16.8 Å². The van der Waals surface area contributed by atoms with Gasteiger partial charge in [-0.25, -0.2) is 9.36 Å². The van der Waals surface area contributed by atoms with Gasteiger partial charge < -0.3 is 5.32 Å². The highest BCUT2D eigenvalue weighted by molar-refractivity contribution is 5.84. The average molecular weight is 415 g/mol. The summed E-state index contributed by atoms with van der Waals surface area (Å²) in [7, 11) is 0. The molecular formula is C24H25N5O2. The van der Waals surface area contributed by atoms with Gasteiger partial charge in [0.2, 0.25) is 5.91 Å². The molecule has 0 saturated heterocycles. The standard InChI is InChI=1S/C24H25N5O2/c1-15-10-8-9-11-19(15)14-25-23(30)18(4)29-24(31)21-17(3)28(20-12-6-5-7-13-20)27-22(21)16(2)26-29/h5-13,18H,14H2,1-4H3,(H,25,30). The van der Waals surface area contributed by atoms with Gasteiger partial charge in [0.05, 0.1) is 22.5 Å². The van der Waals surface area contributed by atoms with Crippen LogP contribution in [-0.4, -0.2) is 25.5 Å². The summed E-state index contributed by atoms with van der Waals surface area (Å²) in [6.45, 7) is 7.75. The first-order chi connectivity index (χ1) is 14.9. The number of nitrogens with zero attached hydrogens (tertiary/aromatic N) is 4. The summed E-state index contributed by atoms with van der Waals surface area (Å²) in [5, 5.41) is 12.4. The third-order valence-corrected chi connectivity index (χ3v) is 5.60. The molecule has 0 bridgehead atoms. The van der Waals surface area contributed by atoms with Crippen molar-refractivity contribution in [3.05, 3.63) is 87.5 Å². The Labute approximate surface area is 180 Å². The van der Waals surface area contributed by atoms with Crippen LogP contribution in [0, 0.1) is 20.8 Å². The van der Waals surface area contributed by atoms with E-state index in [0.717, 1.165) is 22.5 Å². The highest BCUT2D eigenvalue weighted by atomic mass is 16.2. The van der Waals surface area contributed by atoms with E-state index in [1.807, 2.05) is 68.4 Å². The number of aryl methyl sites for hydroxylation is 3. The van der Waals surface area contributed by atoms with E-state index in [4.69, 9.17) is 0 Å². The minimum atomic E-state index is -0.751. The lowest BCUT2D eigenvalue weighted by Gasteiger charge is -2.15. The van der Waals surface area contributed by atoms with Crippen LogP contribution >= 0.6 is 0 Å². The summed E-state index contributed by atoms with van der Waals surface area (Å²) in [6, 6.07) is 16.8. The fourth-order valence-corrected chi connectivity index (χ4v) is 3.71. The van der Waals surface area contributed by atoms with Gasteiger partial charge >= 0.3 is 0 Å². The van der Waals surface area contributed by atoms with Crippen LogP contribution in [0.1, 0.15) is 35.5 Å². The lowest BCUT2D eigenvalue weighted by atomic mass is 10.1. The van der Waals surface area contributed by atoms with Crippen molar-refractivity contribution in [2.75, 3.05) is 0 Å². The molecule has 2 aromatic carbocycles. The summed E-state index contributed by atoms with van der Waals surface area (Å²) in [5.41, 5.74) is 4.56. The molecule has 31 heavy (non-hydrogen) atoms. The van der Waals surface area contributed by atoms with Crippen LogP contribution in [0.2, 0.25) is 0 Å². The Morgan fingerprint density at radius 1 is 1.00 bits per heavy atom. The maximum Gasteiger partial charge on any atom is 0.278 e. The number of hydrogen-bond acceptors (Lipinski definition) is 4. The number of nitrogens with one attached hydrogen (secondary N) is 1. The first kappa shape index (κ1) is 20.5. The normalized spacial score (nSPS) is 12.1. The smallest absolute Gasteiger partial charge is 0.278 e. The summed E-state index contributed by atoms with van der Waals surface area (Å²) < 4.78 is 3.00. The summed E-state index contributed by atoms with van der Waals surface area (Å²) in [6.07, 6.45) is 0. The molecule has 1 atom stereocenters. The Morgan fingerprint density at radius 2 is 1.68 bits per heavy atom. The zero-order chi connectivity index (χ0) is 22.1. The zero-order valence-corrected chi connectivity index (χ0v) is 18.1. The Balaban J connectivity index is 1.68. The molecule has 2 aromatic heterocycles. The van der Waals surface area contributed by atoms with Gasteiger partial charge in [-0.05, 0) is 51.0 Å². The minimum absolute atomic E-state index is 0.260. The van der Waals surface area contributed by atoms with Crippen molar-refractivity contribution in [1.82, 2.24) is 24.9 Å². The van der Waals surface area contributed by atoms with Gasteiger partial charge in [-0.1, -0.05) is 42.5 Å². The van der Waals surface area contributed by atoms with Crippen LogP contribution < -0.4 is 10.9 Å². The molecule has 0 aliphatic carbocycles. The fourth-order valence-electron chi connectivity index (χ4n) is 3.71. The third-order valence-electron chi connectivity index (χ3n) is 5.60. The number of rotatable bonds is 5. The number of aromatic nitrogens is 4. The second-order valence-corrected chi connectivity index (χ2v) is 7.71. The van der Waals surface area contributed by atoms with Crippen molar-refractivity contribution in [2.45, 2.75) is 40.3 Å². The number of carbonyl (C=O) groups is 1. The van der Waals surface area contributed by atoms with Crippen molar-refractivity contribution in [3.63, 3.8) is 0 Å². The van der Waals surface area contributed by atoms with E-state index in [1.165, 1.54) is 4.68 Å². The predicted molar refractivity (Wildman–Crippen MR) is 120 cm³/mol. The molecule has 7 heteroatoms. The van der Waals surface area contributed by atoms with E-state index in [1.54, 1.807) is 18.5 Å². The SMILES string of the molecule is Cc1ccccc1CNC(=O)C(C)n1nc(C)c2nn(-c3ccccc3)c(C)c2c1=O. The maximum atomic E-state index is 13.3. The van der Waals surface area contributed by atoms with Crippen LogP contribution in [-0.2, 0) is 11.3 Å². The molecule has 1 amide bonds. The average Bonchev–Trinajstić information content (AvgIpc) is 3.13. The molecule has 158 valence electrons. The Morgan fingerprint density at radius 3 is 2.39 bits per heavy atom. The van der Waals surface area contributed by atoms with Crippen molar-refractivity contribution in [3.8, 4) is 5.69 Å². The number of para-hydroxylation sites is 1. The lowest BCUT2D eigenvalue weighted by molar-refractivity contribution is -0.124. The largest absolute Gasteiger partial charge is 0.350 e. The topological polar surface area (TPSA) is 81.8 Å². The molecule has 0 radical (unpaired) electrons. The highest BCUT2D eigenvalue weighted by Gasteiger charge is 2.23. The summed E-state index contributed by atoms with van der Waals surface area (Å²) in [5.74, 6) is -0.260. The monoisotopic (exact) mass is 415 g/mol. The van der Waals surface area contributed by atoms with Gasteiger partial charge in [-0.2, -0.15) is 10.2 Å². The Bertz CT molecular complexity index is 1320. The molecule has 1 N–H and O–H groups in total. The molecule has 0 fully saturated rings. The number of hydrogen-bond donors (Lipinski definition) is 1. The number of carbonyl (C=O) groups excluding carboxylic acids is 1. The van der Waals surface area contributed by atoms with Crippen LogP contribution in [0.5, 0.6) is 0 Å². The second-order valence-electron chi connectivity index (χ2n) is 7.71. The molecule has 0 aliphatic rings. The van der Waals surface area contributed by atoms with Crippen molar-refractivity contribution < 1.29 is 4.79 Å². The van der Waals surface area contributed by atoms with Gasteiger partial charge in [-0.3, -0.25) is 9.59 Å². The van der Waals surface area contributed by atoms with Crippen LogP contribution in [0.25, 0.3) is 16.6 Å². The molecule has 0 saturated carbocycles. The molecule has 0 spiro atoms. The number of benzene rings is 2. The maximum absolute atomic E-state index is 13.3. The van der Waals surface area contributed by atoms with E-state index in [-0.39, 0.29) is 11.5 Å². The zero-order valence-electron chi connectivity index (χ0n) is 18.1. The van der Waals surface area contributed by atoms with E-state index >= 15 is 0 Å². The van der Waals surface area contributed by atoms with E-state index in [0.29, 0.717) is 23.1 Å². The first-order valence-electron chi connectivity index (χ1n) is 10.2. The molecule has 1 unspecified atom stereocenters. The van der Waals surface area contributed by atoms with E-state index < -0.39 is 6.04 Å². The van der Waals surface area contributed by atoms with Gasteiger partial charge in [0.25, 0.3) is 5.56 Å². The summed E-state index contributed by atoms with van der Waals surface area (Å²) in [4.78, 5) is 26.1. The summed E-state index contributed by atoms with van der Waals surface area (Å²) >= 11 is 0. The minimum Gasteiger partial charge on any atom is -0.350 e. The highest BCUT2D eigenvalue weighted by Crippen LogP contribution is 2.20. The molecule has 7 nitrogen and oxygen atoms in total. The van der Waals surface area contributed by atoms with Crippen LogP contribution in [0.3, 0.4) is 0 Å². The van der Waals surface area contributed by atoms with Crippen molar-refractivity contribution in [1.29, 1.82) is 0 Å². The van der Waals surface area contributed by atoms with Gasteiger partial charge in [0.1, 0.15) is 11.6 Å². The van der Waals surface area contributed by atoms with Gasteiger partial charge in [0, 0.05) is 6.54 Å². The molecular weight excluding hydrogens is 390 g/mol. The van der Waals surface area contributed by atoms with Crippen molar-refractivity contribution in [2.24, 2.45) is 0 Å². The molecule has 4 rings (SSSR count). The fraction of sp³-hybridized carbons (Fsp3) is 0.250. The predicted octanol–water partition coefficient (Wildman–Crippen LogP) is 3.38. The van der Waals surface area contributed by atoms with E-state index in [9.17, 15) is 9.59 Å². The Kier molecular flexibility index (Phi) is 5.42. The lowest BCUT2D eigenvalue weighted by Crippen LogP contribution is -2.37. The second kappa shape index (κ2) is 8.18. The number of fused-ring (bicyclic) bond motifs is 1. The van der Waals surface area contributed by atoms with E-state index in [2.05, 4.69) is 15.5 Å².